The summed E-state index contributed by atoms with van der Waals surface area (Å²) in [6, 6.07) is 6.96. The van der Waals surface area contributed by atoms with Gasteiger partial charge in [0.15, 0.2) is 0 Å². The van der Waals surface area contributed by atoms with Crippen LogP contribution in [0.15, 0.2) is 18.2 Å². The normalized spacial score (nSPS) is 24.1. The number of hydrogen-bond acceptors (Lipinski definition) is 2. The Balaban J connectivity index is 2.40. The average Bonchev–Trinajstić information content (AvgIpc) is 2.33. The molecule has 2 unspecified atom stereocenters. The van der Waals surface area contributed by atoms with E-state index in [1.807, 2.05) is 0 Å². The number of nitrogens with two attached hydrogens (primary N) is 1. The Morgan fingerprint density at radius 1 is 1.39 bits per heavy atom. The van der Waals surface area contributed by atoms with Crippen molar-refractivity contribution in [3.63, 3.8) is 0 Å². The third kappa shape index (κ3) is 2.51. The van der Waals surface area contributed by atoms with Crippen LogP contribution in [0.2, 0.25) is 0 Å². The summed E-state index contributed by atoms with van der Waals surface area (Å²) in [6.45, 7) is 7.80. The molecule has 0 bridgehead atoms. The molecule has 1 aliphatic rings. The highest BCUT2D eigenvalue weighted by Gasteiger charge is 2.26. The van der Waals surface area contributed by atoms with E-state index >= 15 is 0 Å². The Kier molecular flexibility index (Phi) is 3.91. The van der Waals surface area contributed by atoms with Gasteiger partial charge in [-0.05, 0) is 44.7 Å². The average molecular weight is 262 g/mol. The van der Waals surface area contributed by atoms with Gasteiger partial charge < -0.3 is 10.6 Å². The Morgan fingerprint density at radius 3 is 2.78 bits per heavy atom. The van der Waals surface area contributed by atoms with Crippen molar-refractivity contribution in [3.05, 3.63) is 29.3 Å². The van der Waals surface area contributed by atoms with Crippen LogP contribution in [0.25, 0.3) is 0 Å². The number of piperidine rings is 1. The van der Waals surface area contributed by atoms with Gasteiger partial charge in [-0.15, -0.1) is 0 Å². The molecule has 98 valence electrons. The molecule has 0 spiro atoms. The van der Waals surface area contributed by atoms with E-state index in [2.05, 4.69) is 43.9 Å². The highest BCUT2D eigenvalue weighted by atomic mass is 32.1. The molecule has 0 aliphatic carbocycles. The summed E-state index contributed by atoms with van der Waals surface area (Å²) >= 11 is 5.20. The number of rotatable bonds is 2. The van der Waals surface area contributed by atoms with Crippen molar-refractivity contribution in [3.8, 4) is 0 Å². The summed E-state index contributed by atoms with van der Waals surface area (Å²) < 4.78 is 0. The predicted octanol–water partition coefficient (Wildman–Crippen LogP) is 3.25. The second kappa shape index (κ2) is 5.27. The lowest BCUT2D eigenvalue weighted by molar-refractivity contribution is 0.363. The van der Waals surface area contributed by atoms with E-state index in [0.29, 0.717) is 11.0 Å². The van der Waals surface area contributed by atoms with Gasteiger partial charge in [0, 0.05) is 23.8 Å². The Morgan fingerprint density at radius 2 is 2.11 bits per heavy atom. The lowest BCUT2D eigenvalue weighted by atomic mass is 9.91. The molecule has 1 aromatic carbocycles. The van der Waals surface area contributed by atoms with E-state index in [4.69, 9.17) is 18.0 Å². The fourth-order valence-electron chi connectivity index (χ4n) is 2.77. The number of benzene rings is 1. The van der Waals surface area contributed by atoms with Crippen molar-refractivity contribution >= 4 is 22.9 Å². The first kappa shape index (κ1) is 13.3. The van der Waals surface area contributed by atoms with Crippen molar-refractivity contribution in [1.29, 1.82) is 0 Å². The van der Waals surface area contributed by atoms with Crippen molar-refractivity contribution in [2.75, 3.05) is 11.4 Å². The van der Waals surface area contributed by atoms with Gasteiger partial charge in [-0.1, -0.05) is 30.8 Å². The van der Waals surface area contributed by atoms with Gasteiger partial charge in [-0.25, -0.2) is 0 Å². The van der Waals surface area contributed by atoms with Gasteiger partial charge in [-0.2, -0.15) is 0 Å². The Hall–Kier alpha value is -1.09. The Bertz CT molecular complexity index is 456. The lowest BCUT2D eigenvalue weighted by Gasteiger charge is -2.40. The molecule has 0 aromatic heterocycles. The number of aryl methyl sites for hydroxylation is 1. The maximum Gasteiger partial charge on any atom is 0.106 e. The van der Waals surface area contributed by atoms with Crippen LogP contribution in [0.3, 0.4) is 0 Å². The fourth-order valence-corrected chi connectivity index (χ4v) is 2.94. The van der Waals surface area contributed by atoms with Gasteiger partial charge >= 0.3 is 0 Å². The standard InChI is InChI=1S/C15H22N2S/c1-10-6-7-14(13(9-10)15(16)18)17-8-4-5-11(2)12(17)3/h6-7,9,11-12H,4-5,8H2,1-3H3,(H2,16,18). The molecule has 1 heterocycles. The minimum Gasteiger partial charge on any atom is -0.389 e. The molecule has 0 saturated carbocycles. The zero-order valence-corrected chi connectivity index (χ0v) is 12.3. The third-order valence-corrected chi connectivity index (χ3v) is 4.32. The second-order valence-corrected chi connectivity index (χ2v) is 5.88. The molecule has 1 aromatic rings. The minimum absolute atomic E-state index is 0.499. The van der Waals surface area contributed by atoms with Crippen LogP contribution in [0.1, 0.15) is 37.8 Å². The second-order valence-electron chi connectivity index (χ2n) is 5.44. The van der Waals surface area contributed by atoms with Crippen LogP contribution in [0, 0.1) is 12.8 Å². The van der Waals surface area contributed by atoms with Crippen LogP contribution in [-0.2, 0) is 0 Å². The van der Waals surface area contributed by atoms with E-state index in [0.717, 1.165) is 18.0 Å². The molecule has 2 N–H and O–H groups in total. The first-order chi connectivity index (χ1) is 8.50. The highest BCUT2D eigenvalue weighted by molar-refractivity contribution is 7.80. The van der Waals surface area contributed by atoms with Crippen molar-refractivity contribution in [2.45, 2.75) is 39.7 Å². The van der Waals surface area contributed by atoms with Gasteiger partial charge in [0.2, 0.25) is 0 Å². The van der Waals surface area contributed by atoms with Crippen LogP contribution in [0.5, 0.6) is 0 Å². The van der Waals surface area contributed by atoms with Gasteiger partial charge in [0.05, 0.1) is 0 Å². The van der Waals surface area contributed by atoms with E-state index in [1.54, 1.807) is 0 Å². The molecule has 2 atom stereocenters. The van der Waals surface area contributed by atoms with Gasteiger partial charge in [0.1, 0.15) is 4.99 Å². The van der Waals surface area contributed by atoms with E-state index in [9.17, 15) is 0 Å². The molecule has 18 heavy (non-hydrogen) atoms. The van der Waals surface area contributed by atoms with Crippen LogP contribution in [0.4, 0.5) is 5.69 Å². The first-order valence-corrected chi connectivity index (χ1v) is 7.08. The summed E-state index contributed by atoms with van der Waals surface area (Å²) in [5, 5.41) is 0. The molecular formula is C15H22N2S. The molecule has 2 rings (SSSR count). The van der Waals surface area contributed by atoms with Gasteiger partial charge in [-0.3, -0.25) is 0 Å². The van der Waals surface area contributed by atoms with Gasteiger partial charge in [0.25, 0.3) is 0 Å². The van der Waals surface area contributed by atoms with Crippen molar-refractivity contribution in [1.82, 2.24) is 0 Å². The SMILES string of the molecule is Cc1ccc(N2CCCC(C)C2C)c(C(N)=S)c1. The molecule has 3 heteroatoms. The summed E-state index contributed by atoms with van der Waals surface area (Å²) in [5.74, 6) is 0.722. The molecule has 0 radical (unpaired) electrons. The number of nitrogens with zero attached hydrogens (tertiary/aromatic N) is 1. The van der Waals surface area contributed by atoms with E-state index in [1.165, 1.54) is 24.1 Å². The van der Waals surface area contributed by atoms with Crippen molar-refractivity contribution < 1.29 is 0 Å². The highest BCUT2D eigenvalue weighted by Crippen LogP contribution is 2.31. The van der Waals surface area contributed by atoms with Crippen LogP contribution >= 0.6 is 12.2 Å². The summed E-state index contributed by atoms with van der Waals surface area (Å²) in [4.78, 5) is 2.96. The van der Waals surface area contributed by atoms with E-state index in [-0.39, 0.29) is 0 Å². The topological polar surface area (TPSA) is 29.3 Å². The largest absolute Gasteiger partial charge is 0.389 e. The van der Waals surface area contributed by atoms with E-state index < -0.39 is 0 Å². The monoisotopic (exact) mass is 262 g/mol. The summed E-state index contributed by atoms with van der Waals surface area (Å²) in [6.07, 6.45) is 2.56. The van der Waals surface area contributed by atoms with Crippen LogP contribution < -0.4 is 10.6 Å². The quantitative estimate of drug-likeness (QED) is 0.830. The zero-order valence-electron chi connectivity index (χ0n) is 11.4. The fraction of sp³-hybridized carbons (Fsp3) is 0.533. The third-order valence-electron chi connectivity index (χ3n) is 4.10. The molecule has 0 amide bonds. The molecular weight excluding hydrogens is 240 g/mol. The van der Waals surface area contributed by atoms with Crippen molar-refractivity contribution in [2.24, 2.45) is 11.7 Å². The smallest absolute Gasteiger partial charge is 0.106 e. The number of thiocarbonyl (C=S) groups is 1. The number of anilines is 1. The minimum atomic E-state index is 0.499. The maximum atomic E-state index is 5.87. The summed E-state index contributed by atoms with van der Waals surface area (Å²) in [5.41, 5.74) is 9.30. The van der Waals surface area contributed by atoms with Crippen LogP contribution in [-0.4, -0.2) is 17.6 Å². The molecule has 1 fully saturated rings. The maximum absolute atomic E-state index is 5.87. The Labute approximate surface area is 115 Å². The predicted molar refractivity (Wildman–Crippen MR) is 82.3 cm³/mol. The molecule has 1 aliphatic heterocycles. The zero-order chi connectivity index (χ0) is 13.3. The summed E-state index contributed by atoms with van der Waals surface area (Å²) in [7, 11) is 0. The molecule has 1 saturated heterocycles. The first-order valence-electron chi connectivity index (χ1n) is 6.68. The number of hydrogen-bond donors (Lipinski definition) is 1. The lowest BCUT2D eigenvalue weighted by Crippen LogP contribution is -2.43. The molecule has 2 nitrogen and oxygen atoms in total.